The van der Waals surface area contributed by atoms with E-state index < -0.39 is 5.79 Å². The number of carbonyl (C=O) groups is 1. The summed E-state index contributed by atoms with van der Waals surface area (Å²) in [6, 6.07) is 0. The third-order valence-electron chi connectivity index (χ3n) is 2.61. The molecule has 0 aromatic rings. The van der Waals surface area contributed by atoms with Crippen molar-refractivity contribution >= 4 is 5.78 Å². The fraction of sp³-hybridized carbons (Fsp3) is 0.700. The van der Waals surface area contributed by atoms with Crippen molar-refractivity contribution in [2.75, 3.05) is 0 Å². The first-order valence-corrected chi connectivity index (χ1v) is 4.54. The highest BCUT2D eigenvalue weighted by molar-refractivity contribution is 5.87. The Kier molecular flexibility index (Phi) is 1.82. The van der Waals surface area contributed by atoms with Crippen LogP contribution in [0, 0.1) is 5.92 Å². The van der Waals surface area contributed by atoms with Crippen LogP contribution in [0.2, 0.25) is 0 Å². The lowest BCUT2D eigenvalue weighted by atomic mass is 10.1. The second-order valence-corrected chi connectivity index (χ2v) is 4.09. The van der Waals surface area contributed by atoms with Gasteiger partial charge < -0.3 is 9.47 Å². The lowest BCUT2D eigenvalue weighted by Gasteiger charge is -2.19. The summed E-state index contributed by atoms with van der Waals surface area (Å²) in [4.78, 5) is 11.5. The summed E-state index contributed by atoms with van der Waals surface area (Å²) < 4.78 is 11.1. The van der Waals surface area contributed by atoms with E-state index >= 15 is 0 Å². The van der Waals surface area contributed by atoms with E-state index in [-0.39, 0.29) is 23.9 Å². The lowest BCUT2D eigenvalue weighted by molar-refractivity contribution is -0.161. The van der Waals surface area contributed by atoms with E-state index in [9.17, 15) is 4.79 Å². The molecule has 1 aliphatic carbocycles. The minimum atomic E-state index is -0.618. The summed E-state index contributed by atoms with van der Waals surface area (Å²) in [7, 11) is 0. The molecule has 2 fully saturated rings. The maximum absolute atomic E-state index is 11.5. The smallest absolute Gasteiger partial charge is 0.165 e. The van der Waals surface area contributed by atoms with Crippen molar-refractivity contribution in [2.45, 2.75) is 38.3 Å². The molecule has 3 atom stereocenters. The summed E-state index contributed by atoms with van der Waals surface area (Å²) in [5.74, 6) is -0.355. The fourth-order valence-electron chi connectivity index (χ4n) is 2.03. The third-order valence-corrected chi connectivity index (χ3v) is 2.61. The molecule has 0 aromatic heterocycles. The predicted molar refractivity (Wildman–Crippen MR) is 47.1 cm³/mol. The van der Waals surface area contributed by atoms with Gasteiger partial charge in [-0.1, -0.05) is 6.08 Å². The molecule has 1 saturated carbocycles. The zero-order valence-electron chi connectivity index (χ0n) is 7.95. The molecular formula is C10H14O3. The van der Waals surface area contributed by atoms with Gasteiger partial charge in [-0.15, -0.1) is 6.58 Å². The molecular weight excluding hydrogens is 168 g/mol. The van der Waals surface area contributed by atoms with E-state index in [2.05, 4.69) is 6.58 Å². The molecule has 1 heterocycles. The fourth-order valence-corrected chi connectivity index (χ4v) is 2.03. The Balaban J connectivity index is 2.22. The molecule has 0 aromatic carbocycles. The van der Waals surface area contributed by atoms with Gasteiger partial charge in [0.1, 0.15) is 12.2 Å². The van der Waals surface area contributed by atoms with Crippen LogP contribution < -0.4 is 0 Å². The van der Waals surface area contributed by atoms with Gasteiger partial charge in [-0.3, -0.25) is 4.79 Å². The topological polar surface area (TPSA) is 35.5 Å². The van der Waals surface area contributed by atoms with Gasteiger partial charge in [-0.05, 0) is 13.8 Å². The van der Waals surface area contributed by atoms with Crippen LogP contribution in [0.4, 0.5) is 0 Å². The van der Waals surface area contributed by atoms with Crippen molar-refractivity contribution in [2.24, 2.45) is 5.92 Å². The quantitative estimate of drug-likeness (QED) is 0.573. The largest absolute Gasteiger partial charge is 0.343 e. The second-order valence-electron chi connectivity index (χ2n) is 4.09. The summed E-state index contributed by atoms with van der Waals surface area (Å²) in [6.07, 6.45) is 1.82. The third kappa shape index (κ3) is 1.32. The summed E-state index contributed by atoms with van der Waals surface area (Å²) in [5, 5.41) is 0. The summed E-state index contributed by atoms with van der Waals surface area (Å²) >= 11 is 0. The van der Waals surface area contributed by atoms with Crippen molar-refractivity contribution in [1.29, 1.82) is 0 Å². The number of fused-ring (bicyclic) bond motifs is 1. The van der Waals surface area contributed by atoms with Crippen LogP contribution in [0.1, 0.15) is 20.3 Å². The van der Waals surface area contributed by atoms with Gasteiger partial charge in [0.25, 0.3) is 0 Å². The average molecular weight is 182 g/mol. The van der Waals surface area contributed by atoms with Crippen LogP contribution in [0.15, 0.2) is 12.7 Å². The second kappa shape index (κ2) is 2.66. The van der Waals surface area contributed by atoms with Crippen LogP contribution in [-0.2, 0) is 14.3 Å². The van der Waals surface area contributed by atoms with E-state index in [1.54, 1.807) is 6.08 Å². The van der Waals surface area contributed by atoms with Crippen LogP contribution >= 0.6 is 0 Å². The molecule has 3 heteroatoms. The van der Waals surface area contributed by atoms with Crippen LogP contribution in [0.3, 0.4) is 0 Å². The van der Waals surface area contributed by atoms with Crippen molar-refractivity contribution in [1.82, 2.24) is 0 Å². The van der Waals surface area contributed by atoms with Crippen LogP contribution in [-0.4, -0.2) is 23.8 Å². The highest BCUT2D eigenvalue weighted by Crippen LogP contribution is 2.39. The molecule has 1 aliphatic heterocycles. The Hall–Kier alpha value is -0.670. The van der Waals surface area contributed by atoms with E-state index in [0.29, 0.717) is 6.42 Å². The first-order valence-electron chi connectivity index (χ1n) is 4.54. The van der Waals surface area contributed by atoms with Crippen LogP contribution in [0.25, 0.3) is 0 Å². The number of ether oxygens (including phenoxy) is 2. The minimum Gasteiger partial charge on any atom is -0.343 e. The molecule has 3 nitrogen and oxygen atoms in total. The van der Waals surface area contributed by atoms with Gasteiger partial charge in [-0.2, -0.15) is 0 Å². The zero-order chi connectivity index (χ0) is 9.64. The first-order chi connectivity index (χ1) is 6.03. The molecule has 0 radical (unpaired) electrons. The average Bonchev–Trinajstić information content (AvgIpc) is 2.47. The highest BCUT2D eigenvalue weighted by Gasteiger charge is 2.52. The molecule has 13 heavy (non-hydrogen) atoms. The number of rotatable bonds is 1. The van der Waals surface area contributed by atoms with E-state index in [4.69, 9.17) is 9.47 Å². The minimum absolute atomic E-state index is 0.111. The Morgan fingerprint density at radius 3 is 2.85 bits per heavy atom. The van der Waals surface area contributed by atoms with Crippen molar-refractivity contribution in [3.63, 3.8) is 0 Å². The van der Waals surface area contributed by atoms with Crippen molar-refractivity contribution < 1.29 is 14.3 Å². The molecule has 0 amide bonds. The summed E-state index contributed by atoms with van der Waals surface area (Å²) in [5.41, 5.74) is 0. The Morgan fingerprint density at radius 2 is 2.23 bits per heavy atom. The Bertz CT molecular complexity index is 257. The molecule has 1 saturated heterocycles. The van der Waals surface area contributed by atoms with E-state index in [0.717, 1.165) is 0 Å². The van der Waals surface area contributed by atoms with Crippen molar-refractivity contribution in [3.05, 3.63) is 12.7 Å². The monoisotopic (exact) mass is 182 g/mol. The van der Waals surface area contributed by atoms with Crippen LogP contribution in [0.5, 0.6) is 0 Å². The van der Waals surface area contributed by atoms with Crippen molar-refractivity contribution in [3.8, 4) is 0 Å². The zero-order valence-corrected chi connectivity index (χ0v) is 7.95. The molecule has 72 valence electrons. The van der Waals surface area contributed by atoms with Gasteiger partial charge in [0, 0.05) is 12.3 Å². The number of Topliss-reactive ketones (excluding diaryl/α,β-unsaturated/α-hetero) is 1. The SMILES string of the molecule is C=C[C@H]1CC(=O)[C@@H]2OC(C)(C)O[C@H]12. The Labute approximate surface area is 77.7 Å². The number of hydrogen-bond acceptors (Lipinski definition) is 3. The lowest BCUT2D eigenvalue weighted by Crippen LogP contribution is -2.25. The Morgan fingerprint density at radius 1 is 1.54 bits per heavy atom. The number of ketones is 1. The number of carbonyl (C=O) groups excluding carboxylic acids is 1. The van der Waals surface area contributed by atoms with Gasteiger partial charge in [0.15, 0.2) is 11.6 Å². The molecule has 0 spiro atoms. The molecule has 0 unspecified atom stereocenters. The number of hydrogen-bond donors (Lipinski definition) is 0. The van der Waals surface area contributed by atoms with E-state index in [1.807, 2.05) is 13.8 Å². The predicted octanol–water partition coefficient (Wildman–Crippen LogP) is 1.28. The maximum Gasteiger partial charge on any atom is 0.165 e. The maximum atomic E-state index is 11.5. The normalized spacial score (nSPS) is 42.0. The molecule has 0 bridgehead atoms. The molecule has 2 aliphatic rings. The molecule has 0 N–H and O–H groups in total. The van der Waals surface area contributed by atoms with Gasteiger partial charge in [-0.25, -0.2) is 0 Å². The van der Waals surface area contributed by atoms with E-state index in [1.165, 1.54) is 0 Å². The van der Waals surface area contributed by atoms with Gasteiger partial charge in [0.05, 0.1) is 0 Å². The first kappa shape index (κ1) is 8.91. The van der Waals surface area contributed by atoms with Gasteiger partial charge in [0.2, 0.25) is 0 Å². The van der Waals surface area contributed by atoms with Gasteiger partial charge >= 0.3 is 0 Å². The summed E-state index contributed by atoms with van der Waals surface area (Å²) in [6.45, 7) is 7.36. The standard InChI is InChI=1S/C10H14O3/c1-4-6-5-7(11)9-8(6)12-10(2,3)13-9/h4,6,8-9H,1,5H2,2-3H3/t6-,8+,9-/m0/s1. The molecule has 2 rings (SSSR count). The highest BCUT2D eigenvalue weighted by atomic mass is 16.8.